The molecule has 1 saturated carbocycles. The van der Waals surface area contributed by atoms with E-state index >= 15 is 0 Å². The minimum Gasteiger partial charge on any atom is -0.550 e. The highest BCUT2D eigenvalue weighted by Crippen LogP contribution is 2.14. The van der Waals surface area contributed by atoms with Crippen molar-refractivity contribution in [3.63, 3.8) is 0 Å². The number of rotatable bonds is 3. The van der Waals surface area contributed by atoms with E-state index in [4.69, 9.17) is 0 Å². The number of hydrogen-bond donors (Lipinski definition) is 1. The lowest BCUT2D eigenvalue weighted by molar-refractivity contribution is -0.304. The molecule has 14 heavy (non-hydrogen) atoms. The predicted molar refractivity (Wildman–Crippen MR) is 48.3 cm³/mol. The van der Waals surface area contributed by atoms with Crippen LogP contribution in [0.4, 0.5) is 0 Å². The van der Waals surface area contributed by atoms with Gasteiger partial charge in [-0.25, -0.2) is 5.43 Å². The molecule has 0 radical (unpaired) electrons. The number of carboxylic acids is 1. The maximum Gasteiger partial charge on any atom is 0.245 e. The zero-order valence-electron chi connectivity index (χ0n) is 7.91. The van der Waals surface area contributed by atoms with Gasteiger partial charge in [0.25, 0.3) is 0 Å². The molecule has 0 spiro atoms. The summed E-state index contributed by atoms with van der Waals surface area (Å²) in [6, 6.07) is 0. The summed E-state index contributed by atoms with van der Waals surface area (Å²) in [7, 11) is 0. The maximum atomic E-state index is 10.9. The van der Waals surface area contributed by atoms with Gasteiger partial charge in [-0.3, -0.25) is 4.79 Å². The van der Waals surface area contributed by atoms with Crippen molar-refractivity contribution >= 4 is 17.6 Å². The first-order chi connectivity index (χ1) is 6.68. The third kappa shape index (κ3) is 4.02. The Morgan fingerprint density at radius 2 is 1.93 bits per heavy atom. The standard InChI is InChI=1S/C9H14N2O3/c12-8(6-9(13)14)11-10-7-4-2-1-3-5-7/h1-6H2,(H,11,12)(H,13,14)/p-1. The normalized spacial score (nSPS) is 16.1. The minimum absolute atomic E-state index is 0.622. The molecule has 0 unspecified atom stereocenters. The molecule has 0 heterocycles. The Labute approximate surface area is 82.2 Å². The van der Waals surface area contributed by atoms with E-state index in [1.54, 1.807) is 0 Å². The van der Waals surface area contributed by atoms with Crippen LogP contribution in [0.3, 0.4) is 0 Å². The summed E-state index contributed by atoms with van der Waals surface area (Å²) in [4.78, 5) is 20.9. The van der Waals surface area contributed by atoms with Gasteiger partial charge in [0.15, 0.2) is 0 Å². The zero-order chi connectivity index (χ0) is 10.4. The molecule has 1 aliphatic rings. The van der Waals surface area contributed by atoms with Crippen LogP contribution in [0.2, 0.25) is 0 Å². The first-order valence-corrected chi connectivity index (χ1v) is 4.72. The molecular weight excluding hydrogens is 184 g/mol. The lowest BCUT2D eigenvalue weighted by atomic mass is 9.99. The Balaban J connectivity index is 2.29. The molecule has 0 saturated heterocycles. The third-order valence-corrected chi connectivity index (χ3v) is 2.07. The molecule has 0 atom stereocenters. The zero-order valence-corrected chi connectivity index (χ0v) is 7.91. The third-order valence-electron chi connectivity index (χ3n) is 2.07. The number of amides is 1. The Kier molecular flexibility index (Phi) is 4.10. The van der Waals surface area contributed by atoms with Crippen molar-refractivity contribution in [2.24, 2.45) is 5.10 Å². The van der Waals surface area contributed by atoms with Crippen LogP contribution in [-0.2, 0) is 9.59 Å². The van der Waals surface area contributed by atoms with Crippen LogP contribution in [0.25, 0.3) is 0 Å². The SMILES string of the molecule is O=C([O-])CC(=O)NN=C1CCCCC1. The maximum absolute atomic E-state index is 10.9. The van der Waals surface area contributed by atoms with Gasteiger partial charge in [0.05, 0.1) is 12.4 Å². The Bertz CT molecular complexity index is 253. The Morgan fingerprint density at radius 3 is 2.50 bits per heavy atom. The molecule has 0 aromatic heterocycles. The molecule has 5 nitrogen and oxygen atoms in total. The van der Waals surface area contributed by atoms with E-state index in [9.17, 15) is 14.7 Å². The summed E-state index contributed by atoms with van der Waals surface area (Å²) in [5.41, 5.74) is 3.16. The number of carbonyl (C=O) groups excluding carboxylic acids is 2. The first-order valence-electron chi connectivity index (χ1n) is 4.72. The highest BCUT2D eigenvalue weighted by molar-refractivity contribution is 5.93. The van der Waals surface area contributed by atoms with Crippen LogP contribution in [0.15, 0.2) is 5.10 Å². The van der Waals surface area contributed by atoms with Crippen LogP contribution in [0, 0.1) is 0 Å². The van der Waals surface area contributed by atoms with Crippen molar-refractivity contribution in [1.29, 1.82) is 0 Å². The molecule has 0 aliphatic heterocycles. The summed E-state index contributed by atoms with van der Waals surface area (Å²) in [6.07, 6.45) is 4.55. The molecule has 78 valence electrons. The lowest BCUT2D eigenvalue weighted by Crippen LogP contribution is -2.30. The van der Waals surface area contributed by atoms with E-state index in [1.165, 1.54) is 6.42 Å². The van der Waals surface area contributed by atoms with Crippen molar-refractivity contribution in [2.45, 2.75) is 38.5 Å². The number of nitrogens with zero attached hydrogens (tertiary/aromatic N) is 1. The average Bonchev–Trinajstić information content (AvgIpc) is 2.15. The lowest BCUT2D eigenvalue weighted by Gasteiger charge is -2.11. The van der Waals surface area contributed by atoms with Gasteiger partial charge < -0.3 is 9.90 Å². The fourth-order valence-electron chi connectivity index (χ4n) is 1.38. The van der Waals surface area contributed by atoms with Crippen molar-refractivity contribution in [2.75, 3.05) is 0 Å². The van der Waals surface area contributed by atoms with E-state index in [-0.39, 0.29) is 0 Å². The largest absolute Gasteiger partial charge is 0.550 e. The van der Waals surface area contributed by atoms with Crippen molar-refractivity contribution in [3.8, 4) is 0 Å². The molecule has 1 N–H and O–H groups in total. The Hall–Kier alpha value is -1.39. The van der Waals surface area contributed by atoms with Crippen LogP contribution in [0.5, 0.6) is 0 Å². The second kappa shape index (κ2) is 5.36. The topological polar surface area (TPSA) is 81.6 Å². The van der Waals surface area contributed by atoms with Crippen molar-refractivity contribution in [3.05, 3.63) is 0 Å². The van der Waals surface area contributed by atoms with Gasteiger partial charge in [0, 0.05) is 5.71 Å². The summed E-state index contributed by atoms with van der Waals surface area (Å²) in [5, 5.41) is 13.9. The number of carboxylic acid groups (broad SMARTS) is 1. The number of nitrogens with one attached hydrogen (secondary N) is 1. The molecule has 0 bridgehead atoms. The average molecular weight is 197 g/mol. The van der Waals surface area contributed by atoms with Crippen LogP contribution in [0.1, 0.15) is 38.5 Å². The van der Waals surface area contributed by atoms with E-state index < -0.39 is 18.3 Å². The molecule has 1 fully saturated rings. The smallest absolute Gasteiger partial charge is 0.245 e. The fourth-order valence-corrected chi connectivity index (χ4v) is 1.38. The quantitative estimate of drug-likeness (QED) is 0.492. The minimum atomic E-state index is -1.38. The second-order valence-corrected chi connectivity index (χ2v) is 3.32. The number of hydrogen-bond acceptors (Lipinski definition) is 4. The van der Waals surface area contributed by atoms with Crippen LogP contribution < -0.4 is 10.5 Å². The molecule has 1 amide bonds. The number of aliphatic carboxylic acids is 1. The fraction of sp³-hybridized carbons (Fsp3) is 0.667. The molecule has 1 aliphatic carbocycles. The summed E-state index contributed by atoms with van der Waals surface area (Å²) in [5.74, 6) is -2.01. The van der Waals surface area contributed by atoms with Crippen LogP contribution in [-0.4, -0.2) is 17.6 Å². The van der Waals surface area contributed by atoms with E-state index in [0.717, 1.165) is 31.4 Å². The molecule has 5 heteroatoms. The van der Waals surface area contributed by atoms with Gasteiger partial charge >= 0.3 is 0 Å². The monoisotopic (exact) mass is 197 g/mol. The highest BCUT2D eigenvalue weighted by atomic mass is 16.4. The number of hydrazone groups is 1. The van der Waals surface area contributed by atoms with Crippen molar-refractivity contribution in [1.82, 2.24) is 5.43 Å². The molecular formula is C9H13N2O3-. The van der Waals surface area contributed by atoms with Gasteiger partial charge in [-0.1, -0.05) is 6.42 Å². The first kappa shape index (κ1) is 10.7. The van der Waals surface area contributed by atoms with E-state index in [0.29, 0.717) is 0 Å². The van der Waals surface area contributed by atoms with E-state index in [2.05, 4.69) is 10.5 Å². The summed E-state index contributed by atoms with van der Waals surface area (Å²) >= 11 is 0. The number of carbonyl (C=O) groups is 2. The summed E-state index contributed by atoms with van der Waals surface area (Å²) < 4.78 is 0. The second-order valence-electron chi connectivity index (χ2n) is 3.32. The predicted octanol–water partition coefficient (Wildman–Crippen LogP) is -0.437. The van der Waals surface area contributed by atoms with Crippen LogP contribution >= 0.6 is 0 Å². The van der Waals surface area contributed by atoms with Gasteiger partial charge in [0.2, 0.25) is 5.91 Å². The van der Waals surface area contributed by atoms with Crippen molar-refractivity contribution < 1.29 is 14.7 Å². The highest BCUT2D eigenvalue weighted by Gasteiger charge is 2.07. The van der Waals surface area contributed by atoms with Gasteiger partial charge in [-0.2, -0.15) is 5.10 Å². The van der Waals surface area contributed by atoms with Gasteiger partial charge in [-0.15, -0.1) is 0 Å². The van der Waals surface area contributed by atoms with E-state index in [1.807, 2.05) is 0 Å². The molecule has 1 rings (SSSR count). The molecule has 0 aromatic rings. The van der Waals surface area contributed by atoms with Gasteiger partial charge in [-0.05, 0) is 25.7 Å². The van der Waals surface area contributed by atoms with Gasteiger partial charge in [0.1, 0.15) is 0 Å². The molecule has 0 aromatic carbocycles. The summed E-state index contributed by atoms with van der Waals surface area (Å²) in [6.45, 7) is 0. The Morgan fingerprint density at radius 1 is 1.29 bits per heavy atom.